The Morgan fingerprint density at radius 3 is 1.88 bits per heavy atom. The van der Waals surface area contributed by atoms with Gasteiger partial charge in [-0.2, -0.15) is 4.39 Å². The maximum absolute atomic E-state index is 15.3. The Hall–Kier alpha value is -3.08. The number of hydrogen-bond acceptors (Lipinski definition) is 1. The fraction of sp³-hybridized carbons (Fsp3) is 0.474. The van der Waals surface area contributed by atoms with Gasteiger partial charge in [0, 0.05) is 11.1 Å². The number of unbranched alkanes of at least 4 members (excludes halogenated alkanes) is 6. The Bertz CT molecular complexity index is 1320. The highest BCUT2D eigenvalue weighted by Gasteiger charge is 2.26. The SMILES string of the molecule is C/C=C/CCC1CCC(c2ccc(-c3ccc(-c4ccc(OCCCCCCCCC)c(F)c4F)cc3)c(F)c2F)CC1. The third kappa shape index (κ3) is 8.74. The molecule has 0 saturated heterocycles. The van der Waals surface area contributed by atoms with Crippen LogP contribution in [0.2, 0.25) is 0 Å². The number of halogens is 4. The van der Waals surface area contributed by atoms with E-state index in [1.54, 1.807) is 36.4 Å². The Morgan fingerprint density at radius 1 is 0.674 bits per heavy atom. The highest BCUT2D eigenvalue weighted by Crippen LogP contribution is 2.40. The Balaban J connectivity index is 1.37. The van der Waals surface area contributed by atoms with Gasteiger partial charge in [-0.3, -0.25) is 0 Å². The van der Waals surface area contributed by atoms with Gasteiger partial charge in [-0.15, -0.1) is 0 Å². The van der Waals surface area contributed by atoms with E-state index in [2.05, 4.69) is 19.1 Å². The molecule has 1 aliphatic carbocycles. The molecule has 232 valence electrons. The molecule has 0 amide bonds. The van der Waals surface area contributed by atoms with Crippen molar-refractivity contribution in [3.05, 3.63) is 89.5 Å². The zero-order chi connectivity index (χ0) is 30.6. The predicted molar refractivity (Wildman–Crippen MR) is 169 cm³/mol. The van der Waals surface area contributed by atoms with Gasteiger partial charge in [0.1, 0.15) is 0 Å². The molecule has 0 N–H and O–H groups in total. The van der Waals surface area contributed by atoms with Crippen LogP contribution in [-0.4, -0.2) is 6.61 Å². The first-order chi connectivity index (χ1) is 20.9. The van der Waals surface area contributed by atoms with Crippen LogP contribution in [0.5, 0.6) is 5.75 Å². The van der Waals surface area contributed by atoms with Crippen LogP contribution >= 0.6 is 0 Å². The van der Waals surface area contributed by atoms with E-state index < -0.39 is 23.3 Å². The van der Waals surface area contributed by atoms with Crippen LogP contribution in [0.25, 0.3) is 22.3 Å². The fourth-order valence-electron chi connectivity index (χ4n) is 6.30. The summed E-state index contributed by atoms with van der Waals surface area (Å²) in [6, 6.07) is 12.7. The second kappa shape index (κ2) is 16.7. The Labute approximate surface area is 255 Å². The van der Waals surface area contributed by atoms with Crippen molar-refractivity contribution in [1.82, 2.24) is 0 Å². The van der Waals surface area contributed by atoms with Crippen LogP contribution in [0.1, 0.15) is 109 Å². The highest BCUT2D eigenvalue weighted by atomic mass is 19.2. The molecular weight excluding hydrogens is 548 g/mol. The van der Waals surface area contributed by atoms with E-state index in [9.17, 15) is 8.78 Å². The smallest absolute Gasteiger partial charge is 0.201 e. The van der Waals surface area contributed by atoms with Gasteiger partial charge in [0.2, 0.25) is 5.82 Å². The van der Waals surface area contributed by atoms with Crippen molar-refractivity contribution in [1.29, 1.82) is 0 Å². The molecule has 4 rings (SSSR count). The van der Waals surface area contributed by atoms with E-state index in [0.29, 0.717) is 29.2 Å². The van der Waals surface area contributed by atoms with Gasteiger partial charge in [-0.05, 0) is 92.5 Å². The summed E-state index contributed by atoms with van der Waals surface area (Å²) in [4.78, 5) is 0. The molecule has 0 aromatic heterocycles. The molecule has 0 bridgehead atoms. The standard InChI is InChI=1S/C38H46F4O/c1-3-5-7-8-9-10-12-26-43-34-25-24-33(37(41)38(34)42)30-20-18-29(19-21-30)32-23-22-31(35(39)36(32)40)28-16-14-27(15-17-28)13-11-6-4-2/h4,6,18-25,27-28H,3,5,7-17,26H2,1-2H3/b6-4+. The summed E-state index contributed by atoms with van der Waals surface area (Å²) in [7, 11) is 0. The molecule has 3 aromatic carbocycles. The lowest BCUT2D eigenvalue weighted by atomic mass is 9.77. The molecular formula is C38H46F4O. The predicted octanol–water partition coefficient (Wildman–Crippen LogP) is 12.3. The van der Waals surface area contributed by atoms with Crippen molar-refractivity contribution < 1.29 is 22.3 Å². The Morgan fingerprint density at radius 2 is 1.26 bits per heavy atom. The summed E-state index contributed by atoms with van der Waals surface area (Å²) in [6.45, 7) is 4.56. The normalized spacial score (nSPS) is 17.1. The van der Waals surface area contributed by atoms with Crippen LogP contribution in [0.3, 0.4) is 0 Å². The molecule has 1 fully saturated rings. The van der Waals surface area contributed by atoms with Crippen LogP contribution in [0.15, 0.2) is 60.7 Å². The maximum atomic E-state index is 15.3. The van der Waals surface area contributed by atoms with E-state index in [0.717, 1.165) is 57.8 Å². The zero-order valence-corrected chi connectivity index (χ0v) is 25.7. The molecule has 0 atom stereocenters. The van der Waals surface area contributed by atoms with Crippen LogP contribution in [-0.2, 0) is 0 Å². The topological polar surface area (TPSA) is 9.23 Å². The van der Waals surface area contributed by atoms with Gasteiger partial charge in [0.15, 0.2) is 23.2 Å². The fourth-order valence-corrected chi connectivity index (χ4v) is 6.30. The first-order valence-electron chi connectivity index (χ1n) is 16.2. The molecule has 3 aromatic rings. The molecule has 5 heteroatoms. The third-order valence-electron chi connectivity index (χ3n) is 8.94. The van der Waals surface area contributed by atoms with E-state index in [-0.39, 0.29) is 22.8 Å². The van der Waals surface area contributed by atoms with Crippen molar-refractivity contribution in [3.63, 3.8) is 0 Å². The van der Waals surface area contributed by atoms with E-state index in [1.165, 1.54) is 37.8 Å². The minimum absolute atomic E-state index is 0.0317. The lowest BCUT2D eigenvalue weighted by Gasteiger charge is -2.29. The van der Waals surface area contributed by atoms with Crippen LogP contribution in [0.4, 0.5) is 17.6 Å². The largest absolute Gasteiger partial charge is 0.490 e. The molecule has 0 unspecified atom stereocenters. The summed E-state index contributed by atoms with van der Waals surface area (Å²) in [5.41, 5.74) is 1.64. The number of rotatable bonds is 15. The minimum atomic E-state index is -1.01. The lowest BCUT2D eigenvalue weighted by Crippen LogP contribution is -2.15. The van der Waals surface area contributed by atoms with Gasteiger partial charge < -0.3 is 4.74 Å². The molecule has 0 spiro atoms. The van der Waals surface area contributed by atoms with E-state index >= 15 is 8.78 Å². The van der Waals surface area contributed by atoms with Gasteiger partial charge in [0.05, 0.1) is 6.61 Å². The van der Waals surface area contributed by atoms with Gasteiger partial charge >= 0.3 is 0 Å². The van der Waals surface area contributed by atoms with Crippen molar-refractivity contribution in [2.24, 2.45) is 5.92 Å². The molecule has 1 saturated carbocycles. The summed E-state index contributed by atoms with van der Waals surface area (Å²) < 4.78 is 65.9. The summed E-state index contributed by atoms with van der Waals surface area (Å²) >= 11 is 0. The maximum Gasteiger partial charge on any atom is 0.201 e. The molecule has 0 aliphatic heterocycles. The van der Waals surface area contributed by atoms with Crippen LogP contribution in [0, 0.1) is 29.2 Å². The molecule has 1 aliphatic rings. The molecule has 1 nitrogen and oxygen atoms in total. The van der Waals surface area contributed by atoms with Gasteiger partial charge in [0.25, 0.3) is 0 Å². The number of ether oxygens (including phenoxy) is 1. The van der Waals surface area contributed by atoms with Crippen molar-refractivity contribution in [2.45, 2.75) is 103 Å². The number of benzene rings is 3. The summed E-state index contributed by atoms with van der Waals surface area (Å²) in [5.74, 6) is -3.05. The van der Waals surface area contributed by atoms with Crippen molar-refractivity contribution in [3.8, 4) is 28.0 Å². The van der Waals surface area contributed by atoms with Crippen LogP contribution < -0.4 is 4.74 Å². The second-order valence-electron chi connectivity index (χ2n) is 12.0. The lowest BCUT2D eigenvalue weighted by molar-refractivity contribution is 0.285. The quantitative estimate of drug-likeness (QED) is 0.0966. The molecule has 43 heavy (non-hydrogen) atoms. The van der Waals surface area contributed by atoms with Crippen molar-refractivity contribution in [2.75, 3.05) is 6.61 Å². The highest BCUT2D eigenvalue weighted by molar-refractivity contribution is 5.72. The third-order valence-corrected chi connectivity index (χ3v) is 8.94. The number of allylic oxidation sites excluding steroid dienone is 2. The average Bonchev–Trinajstić information content (AvgIpc) is 3.02. The summed E-state index contributed by atoms with van der Waals surface area (Å²) in [6.07, 6.45) is 18.1. The first-order valence-corrected chi connectivity index (χ1v) is 16.2. The van der Waals surface area contributed by atoms with Gasteiger partial charge in [-0.25, -0.2) is 13.2 Å². The zero-order valence-electron chi connectivity index (χ0n) is 25.7. The summed E-state index contributed by atoms with van der Waals surface area (Å²) in [5, 5.41) is 0. The van der Waals surface area contributed by atoms with Crippen molar-refractivity contribution >= 4 is 0 Å². The second-order valence-corrected chi connectivity index (χ2v) is 12.0. The molecule has 0 radical (unpaired) electrons. The van der Waals surface area contributed by atoms with Gasteiger partial charge in [-0.1, -0.05) is 94.0 Å². The Kier molecular flexibility index (Phi) is 12.7. The average molecular weight is 595 g/mol. The monoisotopic (exact) mass is 594 g/mol. The molecule has 0 heterocycles. The number of hydrogen-bond donors (Lipinski definition) is 0. The minimum Gasteiger partial charge on any atom is -0.490 e. The first kappa shape index (κ1) is 32.8. The van der Waals surface area contributed by atoms with E-state index in [1.807, 2.05) is 6.92 Å². The van der Waals surface area contributed by atoms with E-state index in [4.69, 9.17) is 4.74 Å².